The molecule has 0 saturated carbocycles. The normalized spacial score (nSPS) is 19.1. The van der Waals surface area contributed by atoms with Gasteiger partial charge in [0.05, 0.1) is 11.2 Å². The van der Waals surface area contributed by atoms with Gasteiger partial charge in [-0.3, -0.25) is 0 Å². The summed E-state index contributed by atoms with van der Waals surface area (Å²) in [4.78, 5) is 0. The Morgan fingerprint density at radius 3 is 2.00 bits per heavy atom. The van der Waals surface area contributed by atoms with E-state index in [2.05, 4.69) is 46.1 Å². The molecule has 1 aromatic rings. The molecule has 0 bridgehead atoms. The molecule has 1 aromatic heterocycles. The van der Waals surface area contributed by atoms with Crippen molar-refractivity contribution in [1.29, 1.82) is 0 Å². The van der Waals surface area contributed by atoms with Gasteiger partial charge in [-0.1, -0.05) is 51.9 Å². The van der Waals surface area contributed by atoms with Crippen molar-refractivity contribution >= 4 is 23.2 Å². The van der Waals surface area contributed by atoms with E-state index in [1.165, 1.54) is 68.1 Å². The summed E-state index contributed by atoms with van der Waals surface area (Å²) < 4.78 is 13.5. The van der Waals surface area contributed by atoms with Gasteiger partial charge in [0.2, 0.25) is 0 Å². The van der Waals surface area contributed by atoms with Gasteiger partial charge in [0, 0.05) is 4.78 Å². The number of unbranched alkanes of at least 4 members (excludes halogenated alkanes) is 7. The first-order valence-corrected chi connectivity index (χ1v) is 10.7. The molecule has 0 aliphatic carbocycles. The van der Waals surface area contributed by atoms with Crippen LogP contribution in [0.5, 0.6) is 0 Å². The standard InChI is InChI=1S/C20H35BO2S/c1-6-7-8-9-10-11-12-13-14-17-15-18(24-16-17)21-22-19(2,3)20(4,5)23-21/h15-16H,6-14H2,1-5H3. The van der Waals surface area contributed by atoms with Crippen molar-refractivity contribution in [3.05, 3.63) is 17.0 Å². The maximum Gasteiger partial charge on any atom is 0.505 e. The van der Waals surface area contributed by atoms with Gasteiger partial charge < -0.3 is 9.31 Å². The van der Waals surface area contributed by atoms with Gasteiger partial charge in [-0.25, -0.2) is 0 Å². The molecule has 1 aliphatic rings. The first kappa shape index (κ1) is 20.0. The zero-order chi connectivity index (χ0) is 17.6. The topological polar surface area (TPSA) is 18.5 Å². The molecule has 2 rings (SSSR count). The van der Waals surface area contributed by atoms with Crippen molar-refractivity contribution in [2.45, 2.75) is 104 Å². The van der Waals surface area contributed by atoms with Crippen LogP contribution in [0.1, 0.15) is 91.5 Å². The predicted molar refractivity (Wildman–Crippen MR) is 106 cm³/mol. The smallest absolute Gasteiger partial charge is 0.399 e. The monoisotopic (exact) mass is 350 g/mol. The second-order valence-electron chi connectivity index (χ2n) is 8.17. The summed E-state index contributed by atoms with van der Waals surface area (Å²) in [6.07, 6.45) is 12.2. The van der Waals surface area contributed by atoms with E-state index in [-0.39, 0.29) is 18.3 Å². The lowest BCUT2D eigenvalue weighted by Gasteiger charge is -2.32. The van der Waals surface area contributed by atoms with Gasteiger partial charge in [-0.05, 0) is 57.5 Å². The van der Waals surface area contributed by atoms with Crippen molar-refractivity contribution < 1.29 is 9.31 Å². The van der Waals surface area contributed by atoms with Gasteiger partial charge in [-0.2, -0.15) is 11.3 Å². The Morgan fingerprint density at radius 2 is 1.42 bits per heavy atom. The minimum Gasteiger partial charge on any atom is -0.399 e. The fraction of sp³-hybridized carbons (Fsp3) is 0.800. The Balaban J connectivity index is 1.69. The highest BCUT2D eigenvalue weighted by Gasteiger charge is 2.52. The molecule has 2 heterocycles. The highest BCUT2D eigenvalue weighted by atomic mass is 32.1. The fourth-order valence-corrected chi connectivity index (χ4v) is 3.97. The number of thiophene rings is 1. The van der Waals surface area contributed by atoms with Crippen LogP contribution in [0.3, 0.4) is 0 Å². The zero-order valence-electron chi connectivity index (χ0n) is 16.3. The largest absolute Gasteiger partial charge is 0.505 e. The molecule has 4 heteroatoms. The summed E-state index contributed by atoms with van der Waals surface area (Å²) >= 11 is 1.78. The van der Waals surface area contributed by atoms with E-state index in [9.17, 15) is 0 Å². The van der Waals surface area contributed by atoms with Crippen LogP contribution in [0.4, 0.5) is 0 Å². The van der Waals surface area contributed by atoms with Crippen LogP contribution in [0, 0.1) is 0 Å². The van der Waals surface area contributed by atoms with Gasteiger partial charge in [0.1, 0.15) is 0 Å². The molecule has 0 aromatic carbocycles. The Kier molecular flexibility index (Phi) is 7.39. The van der Waals surface area contributed by atoms with E-state index >= 15 is 0 Å². The van der Waals surface area contributed by atoms with Crippen LogP contribution in [0.2, 0.25) is 0 Å². The van der Waals surface area contributed by atoms with Crippen molar-refractivity contribution in [2.24, 2.45) is 0 Å². The second kappa shape index (κ2) is 8.87. The lowest BCUT2D eigenvalue weighted by Crippen LogP contribution is -2.41. The summed E-state index contributed by atoms with van der Waals surface area (Å²) in [5.41, 5.74) is 0.940. The molecule has 24 heavy (non-hydrogen) atoms. The van der Waals surface area contributed by atoms with Gasteiger partial charge in [0.25, 0.3) is 0 Å². The van der Waals surface area contributed by atoms with E-state index in [1.54, 1.807) is 11.3 Å². The van der Waals surface area contributed by atoms with Crippen LogP contribution in [0.15, 0.2) is 11.4 Å². The van der Waals surface area contributed by atoms with E-state index in [0.29, 0.717) is 0 Å². The highest BCUT2D eigenvalue weighted by molar-refractivity contribution is 7.20. The lowest BCUT2D eigenvalue weighted by atomic mass is 9.87. The summed E-state index contributed by atoms with van der Waals surface area (Å²) in [7, 11) is -0.202. The quantitative estimate of drug-likeness (QED) is 0.396. The summed E-state index contributed by atoms with van der Waals surface area (Å²) in [5, 5.41) is 2.28. The molecule has 1 saturated heterocycles. The molecule has 0 radical (unpaired) electrons. The first-order valence-electron chi connectivity index (χ1n) is 9.78. The van der Waals surface area contributed by atoms with Crippen molar-refractivity contribution in [3.63, 3.8) is 0 Å². The van der Waals surface area contributed by atoms with E-state index in [4.69, 9.17) is 9.31 Å². The van der Waals surface area contributed by atoms with Crippen molar-refractivity contribution in [2.75, 3.05) is 0 Å². The Morgan fingerprint density at radius 1 is 0.875 bits per heavy atom. The third kappa shape index (κ3) is 5.34. The summed E-state index contributed by atoms with van der Waals surface area (Å²) in [6.45, 7) is 10.7. The van der Waals surface area contributed by atoms with Crippen LogP contribution in [-0.4, -0.2) is 18.3 Å². The number of aryl methyl sites for hydroxylation is 1. The minimum absolute atomic E-state index is 0.202. The molecule has 0 amide bonds. The van der Waals surface area contributed by atoms with E-state index < -0.39 is 0 Å². The summed E-state index contributed by atoms with van der Waals surface area (Å²) in [5.74, 6) is 0. The summed E-state index contributed by atoms with van der Waals surface area (Å²) in [6, 6.07) is 2.29. The molecule has 0 unspecified atom stereocenters. The van der Waals surface area contributed by atoms with Crippen molar-refractivity contribution in [3.8, 4) is 0 Å². The van der Waals surface area contributed by atoms with Gasteiger partial charge >= 0.3 is 7.12 Å². The Bertz CT molecular complexity index is 480. The number of hydrogen-bond acceptors (Lipinski definition) is 3. The molecular weight excluding hydrogens is 315 g/mol. The fourth-order valence-electron chi connectivity index (χ4n) is 3.07. The first-order chi connectivity index (χ1) is 11.4. The van der Waals surface area contributed by atoms with E-state index in [0.717, 1.165) is 0 Å². The minimum atomic E-state index is -0.250. The molecule has 1 fully saturated rings. The second-order valence-corrected chi connectivity index (χ2v) is 9.11. The SMILES string of the molecule is CCCCCCCCCCc1csc(B2OC(C)(C)C(C)(C)O2)c1. The molecular formula is C20H35BO2S. The molecule has 0 N–H and O–H groups in total. The average molecular weight is 350 g/mol. The van der Waals surface area contributed by atoms with Gasteiger partial charge in [-0.15, -0.1) is 0 Å². The van der Waals surface area contributed by atoms with Crippen LogP contribution in [-0.2, 0) is 15.7 Å². The molecule has 136 valence electrons. The lowest BCUT2D eigenvalue weighted by molar-refractivity contribution is 0.00578. The molecule has 2 nitrogen and oxygen atoms in total. The third-order valence-corrected chi connectivity index (χ3v) is 6.48. The Labute approximate surface area is 153 Å². The molecule has 0 atom stereocenters. The predicted octanol–water partition coefficient (Wildman–Crippen LogP) is 5.73. The highest BCUT2D eigenvalue weighted by Crippen LogP contribution is 2.36. The number of rotatable bonds is 10. The maximum absolute atomic E-state index is 6.14. The molecule has 1 aliphatic heterocycles. The third-order valence-electron chi connectivity index (χ3n) is 5.48. The van der Waals surface area contributed by atoms with Crippen molar-refractivity contribution in [1.82, 2.24) is 0 Å². The number of hydrogen-bond donors (Lipinski definition) is 0. The maximum atomic E-state index is 6.14. The average Bonchev–Trinajstić information content (AvgIpc) is 3.05. The van der Waals surface area contributed by atoms with Crippen LogP contribution in [0.25, 0.3) is 0 Å². The van der Waals surface area contributed by atoms with Crippen LogP contribution >= 0.6 is 11.3 Å². The van der Waals surface area contributed by atoms with Crippen LogP contribution < -0.4 is 4.78 Å². The zero-order valence-corrected chi connectivity index (χ0v) is 17.1. The molecule has 0 spiro atoms. The Hall–Kier alpha value is -0.315. The van der Waals surface area contributed by atoms with E-state index in [1.807, 2.05) is 0 Å². The van der Waals surface area contributed by atoms with Gasteiger partial charge in [0.15, 0.2) is 0 Å².